The predicted octanol–water partition coefficient (Wildman–Crippen LogP) is 2.34. The Labute approximate surface area is 88.6 Å². The predicted molar refractivity (Wildman–Crippen MR) is 58.3 cm³/mol. The molecule has 0 fully saturated rings. The van der Waals surface area contributed by atoms with Gasteiger partial charge in [0.1, 0.15) is 6.07 Å². The monoisotopic (exact) mass is 207 g/mol. The first-order chi connectivity index (χ1) is 6.69. The summed E-state index contributed by atoms with van der Waals surface area (Å²) in [4.78, 5) is 0.983. The molecule has 2 nitrogen and oxygen atoms in total. The van der Waals surface area contributed by atoms with Crippen molar-refractivity contribution in [2.24, 2.45) is 0 Å². The lowest BCUT2D eigenvalue weighted by Gasteiger charge is -2.11. The molecular formula is C11H13NOS. The molecule has 0 aliphatic rings. The van der Waals surface area contributed by atoms with E-state index in [1.54, 1.807) is 17.8 Å². The fourth-order valence-corrected chi connectivity index (χ4v) is 2.11. The average molecular weight is 207 g/mol. The summed E-state index contributed by atoms with van der Waals surface area (Å²) in [5.41, 5.74) is 1.78. The largest absolute Gasteiger partial charge is 0.395 e. The molecule has 0 bridgehead atoms. The second kappa shape index (κ2) is 5.04. The van der Waals surface area contributed by atoms with Gasteiger partial charge in [-0.15, -0.1) is 11.8 Å². The molecule has 1 unspecified atom stereocenters. The summed E-state index contributed by atoms with van der Waals surface area (Å²) < 4.78 is 0. The third-order valence-electron chi connectivity index (χ3n) is 1.91. The summed E-state index contributed by atoms with van der Waals surface area (Å²) in [5, 5.41) is 18.0. The van der Waals surface area contributed by atoms with Gasteiger partial charge in [-0.25, -0.2) is 0 Å². The summed E-state index contributed by atoms with van der Waals surface area (Å²) in [6.45, 7) is 4.05. The first kappa shape index (κ1) is 11.1. The Hall–Kier alpha value is -0.980. The van der Waals surface area contributed by atoms with Gasteiger partial charge in [0.15, 0.2) is 0 Å². The van der Waals surface area contributed by atoms with Crippen molar-refractivity contribution < 1.29 is 5.11 Å². The maximum absolute atomic E-state index is 8.95. The van der Waals surface area contributed by atoms with E-state index in [0.717, 1.165) is 10.5 Å². The molecule has 1 aromatic rings. The number of thioether (sulfide) groups is 1. The molecule has 0 saturated heterocycles. The van der Waals surface area contributed by atoms with Gasteiger partial charge in [0.2, 0.25) is 0 Å². The van der Waals surface area contributed by atoms with Crippen LogP contribution >= 0.6 is 11.8 Å². The molecule has 1 rings (SSSR count). The van der Waals surface area contributed by atoms with Gasteiger partial charge in [0.05, 0.1) is 12.2 Å². The van der Waals surface area contributed by atoms with Crippen LogP contribution in [0, 0.1) is 18.3 Å². The average Bonchev–Trinajstić information content (AvgIpc) is 2.20. The van der Waals surface area contributed by atoms with E-state index in [4.69, 9.17) is 10.4 Å². The van der Waals surface area contributed by atoms with Crippen LogP contribution in [0.2, 0.25) is 0 Å². The quantitative estimate of drug-likeness (QED) is 0.774. The highest BCUT2D eigenvalue weighted by Gasteiger charge is 2.09. The van der Waals surface area contributed by atoms with Gasteiger partial charge in [-0.3, -0.25) is 0 Å². The summed E-state index contributed by atoms with van der Waals surface area (Å²) in [6, 6.07) is 7.82. The van der Waals surface area contributed by atoms with Crippen LogP contribution < -0.4 is 0 Å². The minimum absolute atomic E-state index is 0.128. The summed E-state index contributed by atoms with van der Waals surface area (Å²) >= 11 is 1.55. The van der Waals surface area contributed by atoms with E-state index in [9.17, 15) is 0 Å². The van der Waals surface area contributed by atoms with E-state index < -0.39 is 0 Å². The first-order valence-corrected chi connectivity index (χ1v) is 5.34. The highest BCUT2D eigenvalue weighted by molar-refractivity contribution is 8.00. The smallest absolute Gasteiger partial charge is 0.100 e. The molecule has 0 heterocycles. The molecule has 3 heteroatoms. The summed E-state index contributed by atoms with van der Waals surface area (Å²) in [6.07, 6.45) is 0. The number of aliphatic hydroxyl groups excluding tert-OH is 1. The van der Waals surface area contributed by atoms with Crippen molar-refractivity contribution in [3.8, 4) is 6.07 Å². The highest BCUT2D eigenvalue weighted by atomic mass is 32.2. The maximum Gasteiger partial charge on any atom is 0.100 e. The number of nitriles is 1. The number of hydrogen-bond acceptors (Lipinski definition) is 3. The van der Waals surface area contributed by atoms with Gasteiger partial charge < -0.3 is 5.11 Å². The maximum atomic E-state index is 8.95. The van der Waals surface area contributed by atoms with Gasteiger partial charge in [-0.05, 0) is 18.6 Å². The molecule has 0 radical (unpaired) electrons. The van der Waals surface area contributed by atoms with E-state index >= 15 is 0 Å². The lowest BCUT2D eigenvalue weighted by Crippen LogP contribution is -2.02. The fraction of sp³-hybridized carbons (Fsp3) is 0.364. The first-order valence-electron chi connectivity index (χ1n) is 4.46. The van der Waals surface area contributed by atoms with E-state index in [1.165, 1.54) is 0 Å². The Kier molecular flexibility index (Phi) is 3.99. The van der Waals surface area contributed by atoms with Crippen LogP contribution in [0.3, 0.4) is 0 Å². The Balaban J connectivity index is 3.00. The second-order valence-corrected chi connectivity index (χ2v) is 4.62. The zero-order chi connectivity index (χ0) is 10.6. The van der Waals surface area contributed by atoms with Gasteiger partial charge in [0.25, 0.3) is 0 Å². The molecular weight excluding hydrogens is 194 g/mol. The van der Waals surface area contributed by atoms with Crippen LogP contribution in [-0.2, 0) is 0 Å². The topological polar surface area (TPSA) is 44.0 Å². The number of rotatable bonds is 3. The molecule has 74 valence electrons. The molecule has 0 aliphatic heterocycles. The van der Waals surface area contributed by atoms with Crippen molar-refractivity contribution in [1.29, 1.82) is 5.26 Å². The van der Waals surface area contributed by atoms with E-state index in [-0.39, 0.29) is 11.9 Å². The molecule has 0 spiro atoms. The van der Waals surface area contributed by atoms with Crippen LogP contribution in [0.15, 0.2) is 23.1 Å². The third kappa shape index (κ3) is 2.50. The lowest BCUT2D eigenvalue weighted by atomic mass is 10.1. The zero-order valence-corrected chi connectivity index (χ0v) is 9.14. The van der Waals surface area contributed by atoms with Gasteiger partial charge in [0, 0.05) is 10.1 Å². The molecule has 0 saturated carbocycles. The SMILES string of the molecule is Cc1cccc(C#N)c1SC(C)CO. The van der Waals surface area contributed by atoms with Crippen LogP contribution in [-0.4, -0.2) is 17.0 Å². The minimum Gasteiger partial charge on any atom is -0.395 e. The Morgan fingerprint density at radius 3 is 2.86 bits per heavy atom. The Morgan fingerprint density at radius 2 is 2.29 bits per heavy atom. The highest BCUT2D eigenvalue weighted by Crippen LogP contribution is 2.29. The van der Waals surface area contributed by atoms with Gasteiger partial charge in [-0.2, -0.15) is 5.26 Å². The number of aryl methyl sites for hydroxylation is 1. The summed E-state index contributed by atoms with van der Waals surface area (Å²) in [5.74, 6) is 0. The third-order valence-corrected chi connectivity index (χ3v) is 3.24. The van der Waals surface area contributed by atoms with Crippen molar-refractivity contribution in [1.82, 2.24) is 0 Å². The van der Waals surface area contributed by atoms with Crippen LogP contribution in [0.25, 0.3) is 0 Å². The normalized spacial score (nSPS) is 12.1. The van der Waals surface area contributed by atoms with Crippen molar-refractivity contribution in [2.75, 3.05) is 6.61 Å². The zero-order valence-electron chi connectivity index (χ0n) is 8.32. The van der Waals surface area contributed by atoms with Crippen molar-refractivity contribution in [3.05, 3.63) is 29.3 Å². The number of nitrogens with zero attached hydrogens (tertiary/aromatic N) is 1. The molecule has 1 aromatic carbocycles. The number of hydrogen-bond donors (Lipinski definition) is 1. The second-order valence-electron chi connectivity index (χ2n) is 3.17. The number of benzene rings is 1. The standard InChI is InChI=1S/C11H13NOS/c1-8-4-3-5-10(6-12)11(8)14-9(2)7-13/h3-5,9,13H,7H2,1-2H3. The van der Waals surface area contributed by atoms with E-state index in [0.29, 0.717) is 5.56 Å². The van der Waals surface area contributed by atoms with E-state index in [2.05, 4.69) is 6.07 Å². The van der Waals surface area contributed by atoms with Crippen molar-refractivity contribution in [2.45, 2.75) is 24.0 Å². The lowest BCUT2D eigenvalue weighted by molar-refractivity contribution is 0.300. The van der Waals surface area contributed by atoms with Crippen LogP contribution in [0.5, 0.6) is 0 Å². The van der Waals surface area contributed by atoms with Crippen molar-refractivity contribution in [3.63, 3.8) is 0 Å². The molecule has 0 aromatic heterocycles. The number of aliphatic hydroxyl groups is 1. The van der Waals surface area contributed by atoms with Crippen molar-refractivity contribution >= 4 is 11.8 Å². The van der Waals surface area contributed by atoms with Gasteiger partial charge in [-0.1, -0.05) is 19.1 Å². The van der Waals surface area contributed by atoms with Crippen LogP contribution in [0.4, 0.5) is 0 Å². The Morgan fingerprint density at radius 1 is 1.57 bits per heavy atom. The molecule has 1 atom stereocenters. The molecule has 14 heavy (non-hydrogen) atoms. The Bertz CT molecular complexity index is 357. The van der Waals surface area contributed by atoms with Crippen LogP contribution in [0.1, 0.15) is 18.1 Å². The molecule has 0 aliphatic carbocycles. The van der Waals surface area contributed by atoms with Gasteiger partial charge >= 0.3 is 0 Å². The minimum atomic E-state index is 0.128. The molecule has 0 amide bonds. The molecule has 1 N–H and O–H groups in total. The van der Waals surface area contributed by atoms with E-state index in [1.807, 2.05) is 26.0 Å². The summed E-state index contributed by atoms with van der Waals surface area (Å²) in [7, 11) is 0. The fourth-order valence-electron chi connectivity index (χ4n) is 1.14.